The molecule has 52 valence electrons. The SMILES string of the molecule is CC12C=CC=CC1(C=O)O2. The van der Waals surface area contributed by atoms with Gasteiger partial charge in [0, 0.05) is 0 Å². The zero-order chi connectivity index (χ0) is 7.24. The summed E-state index contributed by atoms with van der Waals surface area (Å²) in [6, 6.07) is 0. The van der Waals surface area contributed by atoms with Crippen LogP contribution in [0, 0.1) is 0 Å². The van der Waals surface area contributed by atoms with E-state index in [2.05, 4.69) is 0 Å². The number of hydrogen-bond acceptors (Lipinski definition) is 2. The maximum Gasteiger partial charge on any atom is 0.175 e. The van der Waals surface area contributed by atoms with E-state index in [-0.39, 0.29) is 5.60 Å². The third-order valence-electron chi connectivity index (χ3n) is 2.16. The van der Waals surface area contributed by atoms with Crippen LogP contribution in [0.3, 0.4) is 0 Å². The summed E-state index contributed by atoms with van der Waals surface area (Å²) in [6.45, 7) is 1.90. The van der Waals surface area contributed by atoms with Gasteiger partial charge in [-0.3, -0.25) is 4.79 Å². The topological polar surface area (TPSA) is 29.6 Å². The number of fused-ring (bicyclic) bond motifs is 1. The standard InChI is InChI=1S/C8H8O2/c1-7-4-2-3-5-8(7,6-9)10-7/h2-6H,1H3. The molecule has 0 bridgehead atoms. The maximum atomic E-state index is 10.5. The van der Waals surface area contributed by atoms with Gasteiger partial charge in [-0.25, -0.2) is 0 Å². The zero-order valence-corrected chi connectivity index (χ0v) is 5.70. The van der Waals surface area contributed by atoms with Crippen molar-refractivity contribution in [1.82, 2.24) is 0 Å². The Kier molecular flexibility index (Phi) is 0.821. The lowest BCUT2D eigenvalue weighted by Crippen LogP contribution is -2.22. The number of allylic oxidation sites excluding steroid dienone is 2. The van der Waals surface area contributed by atoms with Crippen LogP contribution in [0.25, 0.3) is 0 Å². The minimum absolute atomic E-state index is 0.344. The molecule has 10 heavy (non-hydrogen) atoms. The van der Waals surface area contributed by atoms with Gasteiger partial charge in [-0.1, -0.05) is 12.2 Å². The fourth-order valence-electron chi connectivity index (χ4n) is 1.31. The maximum absolute atomic E-state index is 10.5. The van der Waals surface area contributed by atoms with Gasteiger partial charge in [-0.2, -0.15) is 0 Å². The van der Waals surface area contributed by atoms with Crippen molar-refractivity contribution in [3.63, 3.8) is 0 Å². The number of epoxide rings is 1. The van der Waals surface area contributed by atoms with Crippen molar-refractivity contribution < 1.29 is 9.53 Å². The third kappa shape index (κ3) is 0.457. The Labute approximate surface area is 59.2 Å². The van der Waals surface area contributed by atoms with Gasteiger partial charge in [0.1, 0.15) is 5.60 Å². The number of ether oxygens (including phenoxy) is 1. The molecule has 0 aromatic rings. The highest BCUT2D eigenvalue weighted by Gasteiger charge is 2.65. The summed E-state index contributed by atoms with van der Waals surface area (Å²) in [5.41, 5.74) is -0.967. The van der Waals surface area contributed by atoms with Crippen LogP contribution in [-0.2, 0) is 9.53 Å². The fourth-order valence-corrected chi connectivity index (χ4v) is 1.31. The van der Waals surface area contributed by atoms with Crippen LogP contribution in [0.2, 0.25) is 0 Å². The Morgan fingerprint density at radius 2 is 2.10 bits per heavy atom. The van der Waals surface area contributed by atoms with E-state index in [9.17, 15) is 4.79 Å². The molecule has 1 aliphatic heterocycles. The lowest BCUT2D eigenvalue weighted by Gasteiger charge is -2.04. The molecule has 2 nitrogen and oxygen atoms in total. The molecule has 2 rings (SSSR count). The molecule has 1 fully saturated rings. The molecule has 1 aliphatic carbocycles. The van der Waals surface area contributed by atoms with Crippen molar-refractivity contribution in [2.75, 3.05) is 0 Å². The highest BCUT2D eigenvalue weighted by atomic mass is 16.6. The van der Waals surface area contributed by atoms with E-state index < -0.39 is 5.60 Å². The molecule has 2 unspecified atom stereocenters. The minimum Gasteiger partial charge on any atom is -0.346 e. The van der Waals surface area contributed by atoms with Crippen LogP contribution in [-0.4, -0.2) is 17.5 Å². The third-order valence-corrected chi connectivity index (χ3v) is 2.16. The van der Waals surface area contributed by atoms with Crippen LogP contribution in [0.4, 0.5) is 0 Å². The Morgan fingerprint density at radius 3 is 2.60 bits per heavy atom. The Bertz CT molecular complexity index is 242. The number of carbonyl (C=O) groups is 1. The van der Waals surface area contributed by atoms with Crippen LogP contribution in [0.1, 0.15) is 6.92 Å². The van der Waals surface area contributed by atoms with Gasteiger partial charge in [-0.05, 0) is 19.1 Å². The molecule has 0 saturated carbocycles. The number of rotatable bonds is 1. The number of hydrogen-bond donors (Lipinski definition) is 0. The lowest BCUT2D eigenvalue weighted by molar-refractivity contribution is -0.110. The van der Waals surface area contributed by atoms with E-state index in [0.29, 0.717) is 0 Å². The number of carbonyl (C=O) groups excluding carboxylic acids is 1. The van der Waals surface area contributed by atoms with Crippen molar-refractivity contribution in [3.05, 3.63) is 24.3 Å². The summed E-state index contributed by atoms with van der Waals surface area (Å²) in [7, 11) is 0. The summed E-state index contributed by atoms with van der Waals surface area (Å²) in [6.07, 6.45) is 8.28. The van der Waals surface area contributed by atoms with Gasteiger partial charge < -0.3 is 4.74 Å². The molecular weight excluding hydrogens is 128 g/mol. The van der Waals surface area contributed by atoms with E-state index >= 15 is 0 Å². The predicted molar refractivity (Wildman–Crippen MR) is 36.6 cm³/mol. The first kappa shape index (κ1) is 5.86. The average molecular weight is 136 g/mol. The van der Waals surface area contributed by atoms with Gasteiger partial charge in [0.25, 0.3) is 0 Å². The van der Waals surface area contributed by atoms with Gasteiger partial charge in [0.05, 0.1) is 0 Å². The first-order valence-electron chi connectivity index (χ1n) is 3.26. The molecule has 1 saturated heterocycles. The summed E-state index contributed by atoms with van der Waals surface area (Å²) < 4.78 is 5.26. The molecule has 0 N–H and O–H groups in total. The van der Waals surface area contributed by atoms with E-state index in [4.69, 9.17) is 4.74 Å². The molecular formula is C8H8O2. The fraction of sp³-hybridized carbons (Fsp3) is 0.375. The Morgan fingerprint density at radius 1 is 1.40 bits per heavy atom. The highest BCUT2D eigenvalue weighted by Crippen LogP contribution is 2.50. The lowest BCUT2D eigenvalue weighted by atomic mass is 9.92. The van der Waals surface area contributed by atoms with E-state index in [1.54, 1.807) is 6.08 Å². The first-order chi connectivity index (χ1) is 4.72. The van der Waals surface area contributed by atoms with E-state index in [1.807, 2.05) is 25.2 Å². The van der Waals surface area contributed by atoms with Crippen molar-refractivity contribution in [2.45, 2.75) is 18.1 Å². The molecule has 0 spiro atoms. The summed E-state index contributed by atoms with van der Waals surface area (Å²) >= 11 is 0. The highest BCUT2D eigenvalue weighted by molar-refractivity contribution is 5.76. The van der Waals surface area contributed by atoms with Crippen molar-refractivity contribution in [2.24, 2.45) is 0 Å². The quantitative estimate of drug-likeness (QED) is 0.395. The monoisotopic (exact) mass is 136 g/mol. The summed E-state index contributed by atoms with van der Waals surface area (Å²) in [4.78, 5) is 10.5. The normalized spacial score (nSPS) is 48.5. The molecule has 0 aromatic heterocycles. The smallest absolute Gasteiger partial charge is 0.175 e. The van der Waals surface area contributed by atoms with E-state index in [0.717, 1.165) is 6.29 Å². The largest absolute Gasteiger partial charge is 0.346 e. The predicted octanol–water partition coefficient (Wildman–Crippen LogP) is 0.839. The number of aldehydes is 1. The molecule has 2 atom stereocenters. The van der Waals surface area contributed by atoms with Crippen molar-refractivity contribution in [3.8, 4) is 0 Å². The van der Waals surface area contributed by atoms with E-state index in [1.165, 1.54) is 0 Å². The first-order valence-corrected chi connectivity index (χ1v) is 3.26. The summed E-state index contributed by atoms with van der Waals surface area (Å²) in [5.74, 6) is 0. The molecule has 0 amide bonds. The minimum atomic E-state index is -0.623. The Hall–Kier alpha value is -0.890. The van der Waals surface area contributed by atoms with Crippen molar-refractivity contribution >= 4 is 6.29 Å². The molecule has 0 aromatic carbocycles. The van der Waals surface area contributed by atoms with Crippen LogP contribution >= 0.6 is 0 Å². The second kappa shape index (κ2) is 1.40. The zero-order valence-electron chi connectivity index (χ0n) is 5.70. The van der Waals surface area contributed by atoms with Gasteiger partial charge in [0.15, 0.2) is 11.9 Å². The van der Waals surface area contributed by atoms with Gasteiger partial charge >= 0.3 is 0 Å². The molecule has 2 aliphatic rings. The van der Waals surface area contributed by atoms with Crippen molar-refractivity contribution in [1.29, 1.82) is 0 Å². The second-order valence-corrected chi connectivity index (χ2v) is 2.84. The van der Waals surface area contributed by atoms with Gasteiger partial charge in [-0.15, -0.1) is 0 Å². The molecule has 2 heteroatoms. The summed E-state index contributed by atoms with van der Waals surface area (Å²) in [5, 5.41) is 0. The second-order valence-electron chi connectivity index (χ2n) is 2.84. The molecule has 0 radical (unpaired) electrons. The Balaban J connectivity index is 2.41. The molecule has 1 heterocycles. The van der Waals surface area contributed by atoms with Crippen LogP contribution < -0.4 is 0 Å². The average Bonchev–Trinajstić information content (AvgIpc) is 2.56. The van der Waals surface area contributed by atoms with Crippen LogP contribution in [0.15, 0.2) is 24.3 Å². The van der Waals surface area contributed by atoms with Gasteiger partial charge in [0.2, 0.25) is 0 Å². The van der Waals surface area contributed by atoms with Crippen LogP contribution in [0.5, 0.6) is 0 Å².